The van der Waals surface area contributed by atoms with Crippen molar-refractivity contribution < 1.29 is 23.2 Å². The molecule has 1 aromatic heterocycles. The van der Waals surface area contributed by atoms with E-state index in [0.717, 1.165) is 5.69 Å². The molecule has 7 nitrogen and oxygen atoms in total. The first kappa shape index (κ1) is 19.6. The van der Waals surface area contributed by atoms with Crippen LogP contribution in [-0.2, 0) is 16.1 Å². The Balaban J connectivity index is 1.36. The van der Waals surface area contributed by atoms with Crippen LogP contribution in [0.3, 0.4) is 0 Å². The number of hydrogen-bond acceptors (Lipinski definition) is 5. The molecule has 2 amide bonds. The van der Waals surface area contributed by atoms with Crippen LogP contribution >= 0.6 is 0 Å². The van der Waals surface area contributed by atoms with Crippen LogP contribution in [0.25, 0.3) is 11.3 Å². The Morgan fingerprint density at radius 3 is 2.77 bits per heavy atom. The lowest BCUT2D eigenvalue weighted by atomic mass is 10.1. The topological polar surface area (TPSA) is 84.7 Å². The zero-order chi connectivity index (χ0) is 21.1. The first-order chi connectivity index (χ1) is 14.5. The number of carbonyl (C=O) groups excluding carboxylic acids is 2. The molecule has 1 aliphatic rings. The molecule has 2 aromatic carbocycles. The number of amides is 2. The number of halogens is 1. The first-order valence-electron chi connectivity index (χ1n) is 9.48. The summed E-state index contributed by atoms with van der Waals surface area (Å²) in [6.07, 6.45) is 0.136. The number of nitrogens with zero attached hydrogens (tertiary/aromatic N) is 2. The van der Waals surface area contributed by atoms with Gasteiger partial charge in [0.2, 0.25) is 11.8 Å². The lowest BCUT2D eigenvalue weighted by molar-refractivity contribution is -0.126. The van der Waals surface area contributed by atoms with Crippen molar-refractivity contribution in [2.75, 3.05) is 18.6 Å². The predicted octanol–water partition coefficient (Wildman–Crippen LogP) is 3.16. The molecular weight excluding hydrogens is 389 g/mol. The van der Waals surface area contributed by atoms with Crippen LogP contribution in [0.4, 0.5) is 10.1 Å². The molecule has 0 spiro atoms. The summed E-state index contributed by atoms with van der Waals surface area (Å²) in [6, 6.07) is 14.9. The van der Waals surface area contributed by atoms with Crippen molar-refractivity contribution in [3.63, 3.8) is 0 Å². The third-order valence-electron chi connectivity index (χ3n) is 5.02. The molecule has 1 N–H and O–H groups in total. The van der Waals surface area contributed by atoms with Crippen LogP contribution in [0, 0.1) is 11.7 Å². The van der Waals surface area contributed by atoms with Gasteiger partial charge in [0.15, 0.2) is 5.76 Å². The molecule has 1 aliphatic heterocycles. The molecule has 0 aliphatic carbocycles. The van der Waals surface area contributed by atoms with Gasteiger partial charge in [-0.25, -0.2) is 4.39 Å². The van der Waals surface area contributed by atoms with Crippen molar-refractivity contribution in [2.24, 2.45) is 5.92 Å². The highest BCUT2D eigenvalue weighted by Gasteiger charge is 2.35. The molecule has 154 valence electrons. The van der Waals surface area contributed by atoms with E-state index in [1.54, 1.807) is 60.5 Å². The number of carbonyl (C=O) groups is 2. The van der Waals surface area contributed by atoms with Gasteiger partial charge in [-0.05, 0) is 36.4 Å². The number of rotatable bonds is 6. The van der Waals surface area contributed by atoms with Crippen molar-refractivity contribution in [1.82, 2.24) is 10.5 Å². The zero-order valence-electron chi connectivity index (χ0n) is 16.3. The Hall–Kier alpha value is -3.68. The Labute approximate surface area is 172 Å². The van der Waals surface area contributed by atoms with Gasteiger partial charge >= 0.3 is 0 Å². The predicted molar refractivity (Wildman–Crippen MR) is 107 cm³/mol. The van der Waals surface area contributed by atoms with E-state index in [4.69, 9.17) is 9.26 Å². The zero-order valence-corrected chi connectivity index (χ0v) is 16.3. The van der Waals surface area contributed by atoms with Crippen LogP contribution in [0.15, 0.2) is 59.1 Å². The lowest BCUT2D eigenvalue weighted by Crippen LogP contribution is -2.32. The van der Waals surface area contributed by atoms with Crippen molar-refractivity contribution in [2.45, 2.75) is 13.0 Å². The van der Waals surface area contributed by atoms with Gasteiger partial charge in [-0.2, -0.15) is 0 Å². The molecule has 1 unspecified atom stereocenters. The van der Waals surface area contributed by atoms with Gasteiger partial charge in [-0.1, -0.05) is 17.3 Å². The average molecular weight is 409 g/mol. The fourth-order valence-corrected chi connectivity index (χ4v) is 3.40. The van der Waals surface area contributed by atoms with Crippen LogP contribution in [-0.4, -0.2) is 30.6 Å². The number of nitrogens with one attached hydrogen (secondary N) is 1. The SMILES string of the molecule is COc1ccc(N2CC(C(=O)NCc3cc(-c4ccccc4F)on3)CC2=O)cc1. The summed E-state index contributed by atoms with van der Waals surface area (Å²) in [5.74, 6) is -0.232. The van der Waals surface area contributed by atoms with Crippen LogP contribution in [0.1, 0.15) is 12.1 Å². The summed E-state index contributed by atoms with van der Waals surface area (Å²) < 4.78 is 24.2. The van der Waals surface area contributed by atoms with Gasteiger partial charge < -0.3 is 19.5 Å². The molecule has 0 radical (unpaired) electrons. The average Bonchev–Trinajstić information content (AvgIpc) is 3.39. The number of ether oxygens (including phenoxy) is 1. The molecule has 0 bridgehead atoms. The minimum absolute atomic E-state index is 0.108. The molecule has 4 rings (SSSR count). The Morgan fingerprint density at radius 2 is 2.03 bits per heavy atom. The summed E-state index contributed by atoms with van der Waals surface area (Å²) >= 11 is 0. The standard InChI is InChI=1S/C22H20FN3O4/c1-29-17-8-6-16(7-9-17)26-13-14(10-21(26)27)22(28)24-12-15-11-20(30-25-15)18-4-2-3-5-19(18)23/h2-9,11,14H,10,12-13H2,1H3,(H,24,28). The molecule has 8 heteroatoms. The summed E-state index contributed by atoms with van der Waals surface area (Å²) in [4.78, 5) is 26.5. The van der Waals surface area contributed by atoms with Crippen LogP contribution in [0.2, 0.25) is 0 Å². The van der Waals surface area contributed by atoms with E-state index in [-0.39, 0.29) is 24.8 Å². The fraction of sp³-hybridized carbons (Fsp3) is 0.227. The first-order valence-corrected chi connectivity index (χ1v) is 9.48. The second-order valence-corrected chi connectivity index (χ2v) is 6.98. The smallest absolute Gasteiger partial charge is 0.227 e. The summed E-state index contributed by atoms with van der Waals surface area (Å²) in [6.45, 7) is 0.431. The Bertz CT molecular complexity index is 1060. The highest BCUT2D eigenvalue weighted by molar-refractivity contribution is 6.00. The van der Waals surface area contributed by atoms with E-state index in [9.17, 15) is 14.0 Å². The molecule has 0 saturated carbocycles. The van der Waals surface area contributed by atoms with E-state index in [1.807, 2.05) is 0 Å². The maximum atomic E-state index is 13.9. The van der Waals surface area contributed by atoms with Crippen LogP contribution < -0.4 is 15.0 Å². The largest absolute Gasteiger partial charge is 0.497 e. The molecular formula is C22H20FN3O4. The molecule has 1 fully saturated rings. The van der Waals surface area contributed by atoms with Gasteiger partial charge in [0.25, 0.3) is 0 Å². The number of anilines is 1. The molecule has 30 heavy (non-hydrogen) atoms. The maximum Gasteiger partial charge on any atom is 0.227 e. The number of aromatic nitrogens is 1. The molecule has 3 aromatic rings. The fourth-order valence-electron chi connectivity index (χ4n) is 3.40. The highest BCUT2D eigenvalue weighted by atomic mass is 19.1. The second-order valence-electron chi connectivity index (χ2n) is 6.98. The highest BCUT2D eigenvalue weighted by Crippen LogP contribution is 2.27. The number of benzene rings is 2. The Kier molecular flexibility index (Phi) is 5.47. The van der Waals surface area contributed by atoms with E-state index in [1.165, 1.54) is 6.07 Å². The quantitative estimate of drug-likeness (QED) is 0.676. The summed E-state index contributed by atoms with van der Waals surface area (Å²) in [5.41, 5.74) is 1.50. The van der Waals surface area contributed by atoms with E-state index in [0.29, 0.717) is 29.3 Å². The van der Waals surface area contributed by atoms with Gasteiger partial charge in [0, 0.05) is 24.7 Å². The summed E-state index contributed by atoms with van der Waals surface area (Å²) in [5, 5.41) is 6.66. The Morgan fingerprint density at radius 1 is 1.27 bits per heavy atom. The van der Waals surface area contributed by atoms with Gasteiger partial charge in [-0.3, -0.25) is 9.59 Å². The van der Waals surface area contributed by atoms with Crippen molar-refractivity contribution >= 4 is 17.5 Å². The third kappa shape index (κ3) is 4.03. The molecule has 1 atom stereocenters. The van der Waals surface area contributed by atoms with Gasteiger partial charge in [-0.15, -0.1) is 0 Å². The minimum Gasteiger partial charge on any atom is -0.497 e. The normalized spacial score (nSPS) is 16.0. The third-order valence-corrected chi connectivity index (χ3v) is 5.02. The lowest BCUT2D eigenvalue weighted by Gasteiger charge is -2.17. The maximum absolute atomic E-state index is 13.9. The molecule has 2 heterocycles. The van der Waals surface area contributed by atoms with Crippen LogP contribution in [0.5, 0.6) is 5.75 Å². The summed E-state index contributed by atoms with van der Waals surface area (Å²) in [7, 11) is 1.57. The number of methoxy groups -OCH3 is 1. The van der Waals surface area contributed by atoms with E-state index in [2.05, 4.69) is 10.5 Å². The van der Waals surface area contributed by atoms with Gasteiger partial charge in [0.1, 0.15) is 17.3 Å². The van der Waals surface area contributed by atoms with E-state index >= 15 is 0 Å². The monoisotopic (exact) mass is 409 g/mol. The van der Waals surface area contributed by atoms with Crippen molar-refractivity contribution in [3.8, 4) is 17.1 Å². The molecule has 1 saturated heterocycles. The second kappa shape index (κ2) is 8.36. The number of hydrogen-bond donors (Lipinski definition) is 1. The van der Waals surface area contributed by atoms with E-state index < -0.39 is 11.7 Å². The minimum atomic E-state index is -0.461. The van der Waals surface area contributed by atoms with Gasteiger partial charge in [0.05, 0.1) is 25.1 Å². The van der Waals surface area contributed by atoms with Crippen molar-refractivity contribution in [1.29, 1.82) is 0 Å². The van der Waals surface area contributed by atoms with Crippen molar-refractivity contribution in [3.05, 3.63) is 66.1 Å².